The van der Waals surface area contributed by atoms with Gasteiger partial charge in [-0.05, 0) is 75.9 Å². The summed E-state index contributed by atoms with van der Waals surface area (Å²) in [5.74, 6) is 0. The fraction of sp³-hybridized carbons (Fsp3) is 0.103. The van der Waals surface area contributed by atoms with Crippen molar-refractivity contribution in [2.24, 2.45) is 0 Å². The van der Waals surface area contributed by atoms with Crippen molar-refractivity contribution in [1.82, 2.24) is 0 Å². The summed E-state index contributed by atoms with van der Waals surface area (Å²) in [5.41, 5.74) is 0. The molecule has 0 saturated carbocycles. The van der Waals surface area contributed by atoms with E-state index in [1.165, 1.54) is 48.3 Å². The molecule has 0 radical (unpaired) electrons. The molecular formula is C29H25P. The van der Waals surface area contributed by atoms with Crippen LogP contribution in [-0.2, 0) is 0 Å². The SMILES string of the molecule is C=C/C=C(\C=C/C)P(C1=CCCC=C1)c1ccc2ccc3cccc4ccc1c2c34. The van der Waals surface area contributed by atoms with Crippen LogP contribution in [0.15, 0.2) is 114 Å². The molecule has 0 spiro atoms. The monoisotopic (exact) mass is 404 g/mol. The highest BCUT2D eigenvalue weighted by Crippen LogP contribution is 2.55. The molecule has 4 aromatic rings. The lowest BCUT2D eigenvalue weighted by Crippen LogP contribution is -2.06. The molecule has 0 aromatic heterocycles. The second-order valence-corrected chi connectivity index (χ2v) is 9.90. The predicted molar refractivity (Wildman–Crippen MR) is 136 cm³/mol. The Balaban J connectivity index is 1.86. The summed E-state index contributed by atoms with van der Waals surface area (Å²) in [7, 11) is -0.649. The van der Waals surface area contributed by atoms with Gasteiger partial charge < -0.3 is 0 Å². The van der Waals surface area contributed by atoms with E-state index >= 15 is 0 Å². The van der Waals surface area contributed by atoms with Crippen molar-refractivity contribution in [2.45, 2.75) is 19.8 Å². The first-order valence-corrected chi connectivity index (χ1v) is 11.9. The number of rotatable bonds is 5. The van der Waals surface area contributed by atoms with E-state index in [1.54, 1.807) is 0 Å². The van der Waals surface area contributed by atoms with E-state index < -0.39 is 7.92 Å². The Bertz CT molecular complexity index is 1350. The highest BCUT2D eigenvalue weighted by Gasteiger charge is 2.22. The molecule has 4 aromatic carbocycles. The van der Waals surface area contributed by atoms with Crippen molar-refractivity contribution in [3.8, 4) is 0 Å². The molecule has 0 aliphatic heterocycles. The molecule has 0 saturated heterocycles. The number of allylic oxidation sites excluding steroid dienone is 9. The second kappa shape index (κ2) is 8.05. The Kier molecular flexibility index (Phi) is 5.11. The van der Waals surface area contributed by atoms with Crippen LogP contribution in [-0.4, -0.2) is 0 Å². The third-order valence-corrected chi connectivity index (χ3v) is 8.40. The Morgan fingerprint density at radius 1 is 0.900 bits per heavy atom. The fourth-order valence-corrected chi connectivity index (χ4v) is 7.23. The summed E-state index contributed by atoms with van der Waals surface area (Å²) >= 11 is 0. The average molecular weight is 404 g/mol. The van der Waals surface area contributed by atoms with E-state index in [0.717, 1.165) is 12.8 Å². The lowest BCUT2D eigenvalue weighted by molar-refractivity contribution is 1.03. The van der Waals surface area contributed by atoms with E-state index in [-0.39, 0.29) is 0 Å². The van der Waals surface area contributed by atoms with Gasteiger partial charge in [0.1, 0.15) is 0 Å². The van der Waals surface area contributed by atoms with Crippen LogP contribution in [0.25, 0.3) is 32.3 Å². The molecule has 5 rings (SSSR count). The van der Waals surface area contributed by atoms with Crippen LogP contribution in [0.5, 0.6) is 0 Å². The Labute approximate surface area is 179 Å². The van der Waals surface area contributed by atoms with Gasteiger partial charge in [-0.1, -0.05) is 104 Å². The smallest absolute Gasteiger partial charge is 0.00202 e. The standard InChI is InChI=1S/C29H25P/c1-3-9-24(10-4-2)30(25-13-6-5-7-14-25)27-20-18-23-16-15-21-11-8-12-22-17-19-26(27)29(23)28(21)22/h3-4,6,8-20H,1,5,7H2,2H3/b10-4-,24-9+. The topological polar surface area (TPSA) is 0 Å². The van der Waals surface area contributed by atoms with Crippen molar-refractivity contribution >= 4 is 45.5 Å². The van der Waals surface area contributed by atoms with Gasteiger partial charge in [0.05, 0.1) is 0 Å². The molecule has 0 nitrogen and oxygen atoms in total. The van der Waals surface area contributed by atoms with Crippen LogP contribution < -0.4 is 5.30 Å². The molecule has 0 fully saturated rings. The number of hydrogen-bond acceptors (Lipinski definition) is 0. The fourth-order valence-electron chi connectivity index (χ4n) is 4.60. The van der Waals surface area contributed by atoms with Gasteiger partial charge in [-0.25, -0.2) is 0 Å². The van der Waals surface area contributed by atoms with Crippen LogP contribution >= 0.6 is 7.92 Å². The highest BCUT2D eigenvalue weighted by molar-refractivity contribution is 7.74. The quantitative estimate of drug-likeness (QED) is 0.177. The largest absolute Gasteiger partial charge is 0.0990 e. The highest BCUT2D eigenvalue weighted by atomic mass is 31.1. The zero-order valence-electron chi connectivity index (χ0n) is 17.3. The minimum Gasteiger partial charge on any atom is -0.0990 e. The van der Waals surface area contributed by atoms with E-state index in [1.807, 2.05) is 6.08 Å². The van der Waals surface area contributed by atoms with Crippen LogP contribution in [0.2, 0.25) is 0 Å². The molecule has 30 heavy (non-hydrogen) atoms. The predicted octanol–water partition coefficient (Wildman–Crippen LogP) is 8.57. The van der Waals surface area contributed by atoms with Gasteiger partial charge in [-0.2, -0.15) is 0 Å². The minimum atomic E-state index is -0.649. The first kappa shape index (κ1) is 19.0. The van der Waals surface area contributed by atoms with Crippen molar-refractivity contribution in [3.63, 3.8) is 0 Å². The summed E-state index contributed by atoms with van der Waals surface area (Å²) in [6, 6.07) is 20.4. The maximum atomic E-state index is 4.00. The first-order chi connectivity index (χ1) is 14.8. The van der Waals surface area contributed by atoms with Crippen molar-refractivity contribution in [2.75, 3.05) is 0 Å². The molecular weight excluding hydrogens is 379 g/mol. The summed E-state index contributed by atoms with van der Waals surface area (Å²) < 4.78 is 0. The van der Waals surface area contributed by atoms with Crippen molar-refractivity contribution in [1.29, 1.82) is 0 Å². The van der Waals surface area contributed by atoms with Crippen LogP contribution in [0.4, 0.5) is 0 Å². The third kappa shape index (κ3) is 3.13. The molecule has 1 heteroatoms. The summed E-state index contributed by atoms with van der Waals surface area (Å²) in [4.78, 5) is 0. The van der Waals surface area contributed by atoms with Gasteiger partial charge in [0.25, 0.3) is 0 Å². The van der Waals surface area contributed by atoms with Gasteiger partial charge in [0.15, 0.2) is 0 Å². The molecule has 0 amide bonds. The van der Waals surface area contributed by atoms with Gasteiger partial charge in [0, 0.05) is 0 Å². The van der Waals surface area contributed by atoms with Gasteiger partial charge in [-0.3, -0.25) is 0 Å². The lowest BCUT2D eigenvalue weighted by atomic mass is 9.94. The molecule has 1 aliphatic carbocycles. The Morgan fingerprint density at radius 2 is 1.63 bits per heavy atom. The normalized spacial score (nSPS) is 16.0. The summed E-state index contributed by atoms with van der Waals surface area (Å²) in [6.07, 6.45) is 17.9. The minimum absolute atomic E-state index is 0.649. The van der Waals surface area contributed by atoms with Gasteiger partial charge in [0.2, 0.25) is 0 Å². The molecule has 0 bridgehead atoms. The zero-order valence-corrected chi connectivity index (χ0v) is 18.2. The molecule has 0 N–H and O–H groups in total. The molecule has 0 heterocycles. The maximum absolute atomic E-state index is 4.00. The summed E-state index contributed by atoms with van der Waals surface area (Å²) in [6.45, 7) is 6.09. The molecule has 146 valence electrons. The second-order valence-electron chi connectivity index (χ2n) is 7.71. The van der Waals surface area contributed by atoms with Gasteiger partial charge in [-0.15, -0.1) is 0 Å². The third-order valence-electron chi connectivity index (χ3n) is 5.86. The molecule has 1 aliphatic rings. The van der Waals surface area contributed by atoms with E-state index in [4.69, 9.17) is 0 Å². The van der Waals surface area contributed by atoms with Crippen molar-refractivity contribution in [3.05, 3.63) is 114 Å². The number of hydrogen-bond donors (Lipinski definition) is 0. The maximum Gasteiger partial charge on any atom is -0.00202 e. The van der Waals surface area contributed by atoms with Crippen LogP contribution in [0.3, 0.4) is 0 Å². The number of benzene rings is 4. The van der Waals surface area contributed by atoms with E-state index in [2.05, 4.69) is 105 Å². The van der Waals surface area contributed by atoms with Crippen LogP contribution in [0, 0.1) is 0 Å². The first-order valence-electron chi connectivity index (χ1n) is 10.6. The van der Waals surface area contributed by atoms with E-state index in [9.17, 15) is 0 Å². The zero-order chi connectivity index (χ0) is 20.5. The lowest BCUT2D eigenvalue weighted by Gasteiger charge is -2.25. The van der Waals surface area contributed by atoms with Gasteiger partial charge >= 0.3 is 0 Å². The molecule has 1 atom stereocenters. The summed E-state index contributed by atoms with van der Waals surface area (Å²) in [5, 5.41) is 12.3. The average Bonchev–Trinajstić information content (AvgIpc) is 2.79. The van der Waals surface area contributed by atoms with Crippen molar-refractivity contribution < 1.29 is 0 Å². The Hall–Kier alpha value is -2.95. The Morgan fingerprint density at radius 3 is 2.33 bits per heavy atom. The molecule has 1 unspecified atom stereocenters. The van der Waals surface area contributed by atoms with E-state index in [0.29, 0.717) is 0 Å². The van der Waals surface area contributed by atoms with Crippen LogP contribution in [0.1, 0.15) is 19.8 Å².